The Hall–Kier alpha value is -4.72. The third-order valence-electron chi connectivity index (χ3n) is 5.54. The van der Waals surface area contributed by atoms with Gasteiger partial charge in [0.15, 0.2) is 0 Å². The van der Waals surface area contributed by atoms with Crippen molar-refractivity contribution in [1.29, 1.82) is 0 Å². The van der Waals surface area contributed by atoms with Crippen LogP contribution < -0.4 is 15.4 Å². The second-order valence-electron chi connectivity index (χ2n) is 7.87. The van der Waals surface area contributed by atoms with Crippen molar-refractivity contribution in [2.75, 3.05) is 17.7 Å². The van der Waals surface area contributed by atoms with E-state index in [1.54, 1.807) is 30.0 Å². The quantitative estimate of drug-likeness (QED) is 0.384. The molecule has 1 atom stereocenters. The molecule has 2 N–H and O–H groups in total. The molecule has 0 saturated heterocycles. The molecule has 1 aliphatic rings. The lowest BCUT2D eigenvalue weighted by Gasteiger charge is -2.24. The number of aromatic nitrogens is 3. The molecule has 1 aliphatic heterocycles. The molecule has 0 fully saturated rings. The van der Waals surface area contributed by atoms with E-state index in [0.29, 0.717) is 11.5 Å². The van der Waals surface area contributed by atoms with Crippen LogP contribution in [-0.2, 0) is 4.79 Å². The highest BCUT2D eigenvalue weighted by Gasteiger charge is 2.25. The van der Waals surface area contributed by atoms with Gasteiger partial charge in [0, 0.05) is 11.8 Å². The van der Waals surface area contributed by atoms with Crippen molar-refractivity contribution in [3.8, 4) is 5.75 Å². The number of hydrogen-bond donors (Lipinski definition) is 2. The lowest BCUT2D eigenvalue weighted by molar-refractivity contribution is -0.111. The summed E-state index contributed by atoms with van der Waals surface area (Å²) in [4.78, 5) is 17.0. The van der Waals surface area contributed by atoms with Gasteiger partial charge in [-0.1, -0.05) is 54.6 Å². The highest BCUT2D eigenvalue weighted by molar-refractivity contribution is 6.01. The first kappa shape index (κ1) is 22.1. The predicted octanol–water partition coefficient (Wildman–Crippen LogP) is 5.13. The first-order valence-corrected chi connectivity index (χ1v) is 11.0. The Bertz CT molecular complexity index is 1390. The molecule has 0 aliphatic carbocycles. The molecule has 0 radical (unpaired) electrons. The van der Waals surface area contributed by atoms with Gasteiger partial charge in [-0.2, -0.15) is 4.98 Å². The summed E-state index contributed by atoms with van der Waals surface area (Å²) in [6.07, 6.45) is 5.02. The zero-order chi connectivity index (χ0) is 24.2. The molecule has 7 nitrogen and oxygen atoms in total. The Morgan fingerprint density at radius 2 is 1.80 bits per heavy atom. The van der Waals surface area contributed by atoms with Crippen molar-refractivity contribution < 1.29 is 13.9 Å². The number of methoxy groups -OCH3 is 1. The van der Waals surface area contributed by atoms with Gasteiger partial charge in [0.25, 0.3) is 11.9 Å². The molecular weight excluding hydrogens is 445 g/mol. The van der Waals surface area contributed by atoms with Gasteiger partial charge in [0.05, 0.1) is 7.11 Å². The van der Waals surface area contributed by atoms with Crippen LogP contribution >= 0.6 is 0 Å². The SMILES string of the molecule is COc1ccc(C2C=C(c3ccccc3)Nc3nc(NC(=O)C=Cc4ccc(F)cc4)nn32)cc1. The Labute approximate surface area is 201 Å². The van der Waals surface area contributed by atoms with Crippen LogP contribution in [0.3, 0.4) is 0 Å². The molecule has 8 heteroatoms. The summed E-state index contributed by atoms with van der Waals surface area (Å²) in [7, 11) is 1.63. The van der Waals surface area contributed by atoms with Gasteiger partial charge in [-0.25, -0.2) is 9.07 Å². The maximum atomic E-state index is 13.1. The van der Waals surface area contributed by atoms with Crippen molar-refractivity contribution in [2.45, 2.75) is 6.04 Å². The number of benzene rings is 3. The van der Waals surface area contributed by atoms with Crippen LogP contribution in [0.25, 0.3) is 11.8 Å². The van der Waals surface area contributed by atoms with E-state index >= 15 is 0 Å². The van der Waals surface area contributed by atoms with E-state index in [1.807, 2.05) is 54.6 Å². The average molecular weight is 468 g/mol. The molecule has 0 saturated carbocycles. The number of amides is 1. The van der Waals surface area contributed by atoms with Gasteiger partial charge in [-0.3, -0.25) is 10.1 Å². The van der Waals surface area contributed by atoms with E-state index in [4.69, 9.17) is 4.74 Å². The van der Waals surface area contributed by atoms with Crippen LogP contribution in [0.4, 0.5) is 16.3 Å². The second kappa shape index (κ2) is 9.64. The Morgan fingerprint density at radius 1 is 1.06 bits per heavy atom. The molecule has 1 aromatic heterocycles. The molecule has 1 amide bonds. The number of carbonyl (C=O) groups excluding carboxylic acids is 1. The minimum atomic E-state index is -0.394. The van der Waals surface area contributed by atoms with E-state index in [-0.39, 0.29) is 17.8 Å². The minimum Gasteiger partial charge on any atom is -0.497 e. The fourth-order valence-electron chi connectivity index (χ4n) is 3.77. The van der Waals surface area contributed by atoms with Crippen LogP contribution in [0, 0.1) is 5.82 Å². The maximum absolute atomic E-state index is 13.1. The molecule has 4 aromatic rings. The van der Waals surface area contributed by atoms with Crippen LogP contribution in [0.2, 0.25) is 0 Å². The largest absolute Gasteiger partial charge is 0.497 e. The van der Waals surface area contributed by atoms with Gasteiger partial charge in [0.2, 0.25) is 5.95 Å². The molecule has 5 rings (SSSR count). The molecule has 0 spiro atoms. The Morgan fingerprint density at radius 3 is 2.51 bits per heavy atom. The predicted molar refractivity (Wildman–Crippen MR) is 133 cm³/mol. The van der Waals surface area contributed by atoms with Crippen molar-refractivity contribution in [2.24, 2.45) is 0 Å². The second-order valence-corrected chi connectivity index (χ2v) is 7.87. The number of allylic oxidation sites excluding steroid dienone is 1. The number of nitrogens with one attached hydrogen (secondary N) is 2. The zero-order valence-electron chi connectivity index (χ0n) is 18.9. The van der Waals surface area contributed by atoms with Crippen LogP contribution in [0.1, 0.15) is 22.7 Å². The third-order valence-corrected chi connectivity index (χ3v) is 5.54. The van der Waals surface area contributed by atoms with Gasteiger partial charge < -0.3 is 10.1 Å². The molecule has 2 heterocycles. The lowest BCUT2D eigenvalue weighted by atomic mass is 10.0. The smallest absolute Gasteiger partial charge is 0.250 e. The Kier molecular flexibility index (Phi) is 6.09. The van der Waals surface area contributed by atoms with Crippen LogP contribution in [-0.4, -0.2) is 27.8 Å². The van der Waals surface area contributed by atoms with E-state index in [1.165, 1.54) is 18.2 Å². The third kappa shape index (κ3) is 4.96. The first-order valence-electron chi connectivity index (χ1n) is 11.0. The molecular formula is C27H22FN5O2. The average Bonchev–Trinajstić information content (AvgIpc) is 3.30. The Balaban J connectivity index is 1.42. The molecule has 0 bridgehead atoms. The van der Waals surface area contributed by atoms with Crippen molar-refractivity contribution in [3.63, 3.8) is 0 Å². The summed E-state index contributed by atoms with van der Waals surface area (Å²) in [5.74, 6) is 0.707. The fraction of sp³-hybridized carbons (Fsp3) is 0.0741. The van der Waals surface area contributed by atoms with Gasteiger partial charge in [-0.05, 0) is 53.1 Å². The topological polar surface area (TPSA) is 81.1 Å². The molecule has 174 valence electrons. The summed E-state index contributed by atoms with van der Waals surface area (Å²) >= 11 is 0. The summed E-state index contributed by atoms with van der Waals surface area (Å²) in [6.45, 7) is 0. The number of hydrogen-bond acceptors (Lipinski definition) is 5. The highest BCUT2D eigenvalue weighted by Crippen LogP contribution is 2.33. The fourth-order valence-corrected chi connectivity index (χ4v) is 3.77. The number of nitrogens with zero attached hydrogens (tertiary/aromatic N) is 3. The number of ether oxygens (including phenoxy) is 1. The minimum absolute atomic E-state index is 0.169. The number of anilines is 2. The molecule has 1 unspecified atom stereocenters. The van der Waals surface area contributed by atoms with Crippen molar-refractivity contribution in [1.82, 2.24) is 14.8 Å². The number of fused-ring (bicyclic) bond motifs is 1. The van der Waals surface area contributed by atoms with Gasteiger partial charge in [0.1, 0.15) is 17.6 Å². The molecule has 3 aromatic carbocycles. The number of rotatable bonds is 6. The summed E-state index contributed by atoms with van der Waals surface area (Å²) in [6, 6.07) is 23.3. The summed E-state index contributed by atoms with van der Waals surface area (Å²) in [5.41, 5.74) is 3.59. The van der Waals surface area contributed by atoms with E-state index < -0.39 is 5.91 Å². The first-order chi connectivity index (χ1) is 17.1. The van der Waals surface area contributed by atoms with Crippen molar-refractivity contribution in [3.05, 3.63) is 114 Å². The van der Waals surface area contributed by atoms with Crippen LogP contribution in [0.5, 0.6) is 5.75 Å². The van der Waals surface area contributed by atoms with Crippen molar-refractivity contribution >= 4 is 29.6 Å². The van der Waals surface area contributed by atoms with E-state index in [0.717, 1.165) is 22.6 Å². The monoisotopic (exact) mass is 467 g/mol. The highest BCUT2D eigenvalue weighted by atomic mass is 19.1. The maximum Gasteiger partial charge on any atom is 0.250 e. The van der Waals surface area contributed by atoms with E-state index in [9.17, 15) is 9.18 Å². The number of carbonyl (C=O) groups is 1. The van der Waals surface area contributed by atoms with E-state index in [2.05, 4.69) is 26.8 Å². The van der Waals surface area contributed by atoms with Gasteiger partial charge >= 0.3 is 0 Å². The normalized spacial score (nSPS) is 14.7. The lowest BCUT2D eigenvalue weighted by Crippen LogP contribution is -2.20. The zero-order valence-corrected chi connectivity index (χ0v) is 18.9. The summed E-state index contributed by atoms with van der Waals surface area (Å²) in [5, 5.41) is 10.6. The van der Waals surface area contributed by atoms with Crippen LogP contribution in [0.15, 0.2) is 91.0 Å². The number of halogens is 1. The molecule has 35 heavy (non-hydrogen) atoms. The van der Waals surface area contributed by atoms with Gasteiger partial charge in [-0.15, -0.1) is 5.10 Å². The summed E-state index contributed by atoms with van der Waals surface area (Å²) < 4.78 is 20.1. The standard InChI is InChI=1S/C27H22FN5O2/c1-35-22-14-10-20(11-15-22)24-17-23(19-5-3-2-4-6-19)29-27-31-26(32-33(24)27)30-25(34)16-9-18-7-12-21(28)13-8-18/h2-17,24H,1H3,(H2,29,30,31,32,34).